The Morgan fingerprint density at radius 3 is 2.28 bits per heavy atom. The van der Waals surface area contributed by atoms with E-state index in [1.54, 1.807) is 26.0 Å². The molecular formula is C28H32N2O9. The van der Waals surface area contributed by atoms with E-state index in [1.807, 2.05) is 0 Å². The number of likely N-dealkylation sites (N-methyl/N-ethyl adjacent to an activating group) is 1. The molecule has 0 radical (unpaired) electrons. The van der Waals surface area contributed by atoms with Gasteiger partial charge in [-0.25, -0.2) is 0 Å². The van der Waals surface area contributed by atoms with Gasteiger partial charge in [-0.05, 0) is 50.9 Å². The standard InChI is InChI=1S/C28H32N2O9/c1-10-8-9-13-11(2)14-16(21(32)15(13)20(10)31)24(34)28(38)18(23(14)39-27(37)12-6-5-7-12)19(30(3)4)22(33)17(25(28)35)26(29)36/h8-9,11-12,14,16-19,23,31,38H,5-7H2,1-4H3,(H2,29,36)/t11-,14+,16?,17?,18+,19?,23-,28-/m0/s1. The number of nitrogens with zero attached hydrogens (tertiary/aromatic N) is 1. The summed E-state index contributed by atoms with van der Waals surface area (Å²) in [5.41, 5.74) is 3.10. The molecule has 11 nitrogen and oxygen atoms in total. The number of carbonyl (C=O) groups excluding carboxylic acids is 6. The van der Waals surface area contributed by atoms with Crippen LogP contribution in [0.3, 0.4) is 0 Å². The number of benzene rings is 1. The van der Waals surface area contributed by atoms with Crippen LogP contribution in [0.4, 0.5) is 0 Å². The van der Waals surface area contributed by atoms with Crippen LogP contribution in [0.5, 0.6) is 5.75 Å². The van der Waals surface area contributed by atoms with E-state index >= 15 is 0 Å². The molecule has 208 valence electrons. The van der Waals surface area contributed by atoms with Crippen molar-refractivity contribution in [3.63, 3.8) is 0 Å². The average molecular weight is 541 g/mol. The minimum Gasteiger partial charge on any atom is -0.507 e. The van der Waals surface area contributed by atoms with Crippen LogP contribution in [0.2, 0.25) is 0 Å². The quantitative estimate of drug-likeness (QED) is 0.349. The van der Waals surface area contributed by atoms with Crippen LogP contribution < -0.4 is 5.73 Å². The maximum atomic E-state index is 14.2. The Hall–Kier alpha value is -3.44. The van der Waals surface area contributed by atoms with Crippen molar-refractivity contribution < 1.29 is 43.7 Å². The first-order chi connectivity index (χ1) is 18.2. The van der Waals surface area contributed by atoms with Gasteiger partial charge < -0.3 is 20.7 Å². The monoisotopic (exact) mass is 540 g/mol. The lowest BCUT2D eigenvalue weighted by Crippen LogP contribution is -2.78. The third-order valence-electron chi connectivity index (χ3n) is 9.35. The number of hydrogen-bond donors (Lipinski definition) is 3. The maximum absolute atomic E-state index is 14.2. The van der Waals surface area contributed by atoms with Gasteiger partial charge in [0.2, 0.25) is 5.91 Å². The molecule has 3 saturated carbocycles. The molecule has 0 aliphatic heterocycles. The third-order valence-corrected chi connectivity index (χ3v) is 9.35. The molecule has 4 N–H and O–H groups in total. The second kappa shape index (κ2) is 9.06. The van der Waals surface area contributed by atoms with Crippen molar-refractivity contribution in [1.29, 1.82) is 0 Å². The van der Waals surface area contributed by atoms with E-state index in [1.165, 1.54) is 19.0 Å². The van der Waals surface area contributed by atoms with Gasteiger partial charge >= 0.3 is 5.97 Å². The number of ether oxygens (including phenoxy) is 1. The van der Waals surface area contributed by atoms with E-state index in [0.717, 1.165) is 6.42 Å². The molecule has 3 unspecified atom stereocenters. The lowest BCUT2D eigenvalue weighted by atomic mass is 9.49. The van der Waals surface area contributed by atoms with Crippen molar-refractivity contribution >= 4 is 35.0 Å². The highest BCUT2D eigenvalue weighted by Gasteiger charge is 2.74. The van der Waals surface area contributed by atoms with Crippen LogP contribution in [0.25, 0.3) is 0 Å². The van der Waals surface area contributed by atoms with E-state index in [4.69, 9.17) is 10.5 Å². The Balaban J connectivity index is 1.76. The first kappa shape index (κ1) is 27.1. The number of aromatic hydroxyl groups is 1. The summed E-state index contributed by atoms with van der Waals surface area (Å²) in [4.78, 5) is 82.1. The second-order valence-corrected chi connectivity index (χ2v) is 11.6. The Kier molecular flexibility index (Phi) is 6.30. The van der Waals surface area contributed by atoms with Gasteiger partial charge in [0.05, 0.1) is 29.4 Å². The number of aliphatic hydroxyl groups is 1. The summed E-state index contributed by atoms with van der Waals surface area (Å²) < 4.78 is 6.00. The molecule has 39 heavy (non-hydrogen) atoms. The van der Waals surface area contributed by atoms with Gasteiger partial charge in [-0.1, -0.05) is 25.5 Å². The number of primary amides is 1. The molecule has 0 saturated heterocycles. The van der Waals surface area contributed by atoms with E-state index in [9.17, 15) is 39.0 Å². The lowest BCUT2D eigenvalue weighted by Gasteiger charge is -2.56. The first-order valence-electron chi connectivity index (χ1n) is 13.1. The predicted molar refractivity (Wildman–Crippen MR) is 133 cm³/mol. The minimum atomic E-state index is -3.01. The van der Waals surface area contributed by atoms with Crippen molar-refractivity contribution in [2.24, 2.45) is 35.3 Å². The number of Topliss-reactive ketones (excluding diaryl/α,β-unsaturated/α-hetero) is 4. The number of fused-ring (bicyclic) bond motifs is 3. The number of phenolic OH excluding ortho intramolecular Hbond substituents is 1. The molecule has 0 spiro atoms. The summed E-state index contributed by atoms with van der Waals surface area (Å²) in [6.45, 7) is 3.30. The largest absolute Gasteiger partial charge is 0.507 e. The van der Waals surface area contributed by atoms with Crippen LogP contribution in [-0.2, 0) is 28.7 Å². The van der Waals surface area contributed by atoms with Gasteiger partial charge in [0.15, 0.2) is 34.7 Å². The number of aryl methyl sites for hydroxylation is 1. The zero-order chi connectivity index (χ0) is 28.7. The Bertz CT molecular complexity index is 1330. The van der Waals surface area contributed by atoms with Crippen LogP contribution in [0.1, 0.15) is 53.6 Å². The fourth-order valence-electron chi connectivity index (χ4n) is 7.08. The van der Waals surface area contributed by atoms with Crippen molar-refractivity contribution in [2.75, 3.05) is 14.1 Å². The number of ketones is 4. The maximum Gasteiger partial charge on any atom is 0.309 e. The molecule has 1 aromatic carbocycles. The van der Waals surface area contributed by atoms with Crippen molar-refractivity contribution in [3.05, 3.63) is 28.8 Å². The molecule has 4 aliphatic rings. The highest BCUT2D eigenvalue weighted by molar-refractivity contribution is 6.32. The molecule has 3 fully saturated rings. The van der Waals surface area contributed by atoms with E-state index < -0.39 is 88.3 Å². The number of phenols is 1. The highest BCUT2D eigenvalue weighted by atomic mass is 16.5. The van der Waals surface area contributed by atoms with Crippen LogP contribution in [-0.4, -0.2) is 82.0 Å². The zero-order valence-corrected chi connectivity index (χ0v) is 22.2. The van der Waals surface area contributed by atoms with Crippen molar-refractivity contribution in [3.8, 4) is 5.75 Å². The Labute approximate surface area is 224 Å². The molecule has 0 heterocycles. The van der Waals surface area contributed by atoms with Crippen molar-refractivity contribution in [2.45, 2.75) is 56.8 Å². The van der Waals surface area contributed by atoms with Gasteiger partial charge in [0, 0.05) is 5.92 Å². The zero-order valence-electron chi connectivity index (χ0n) is 22.2. The number of nitrogens with two attached hydrogens (primary N) is 1. The second-order valence-electron chi connectivity index (χ2n) is 11.6. The smallest absolute Gasteiger partial charge is 0.309 e. The number of hydrogen-bond acceptors (Lipinski definition) is 10. The molecule has 4 aliphatic carbocycles. The van der Waals surface area contributed by atoms with Crippen molar-refractivity contribution in [1.82, 2.24) is 4.90 Å². The Morgan fingerprint density at radius 1 is 1.10 bits per heavy atom. The number of rotatable bonds is 4. The van der Waals surface area contributed by atoms with E-state index in [-0.39, 0.29) is 11.3 Å². The summed E-state index contributed by atoms with van der Waals surface area (Å²) in [7, 11) is 2.95. The topological polar surface area (TPSA) is 181 Å². The molecule has 8 atom stereocenters. The molecule has 5 rings (SSSR count). The highest BCUT2D eigenvalue weighted by Crippen LogP contribution is 2.55. The van der Waals surface area contributed by atoms with E-state index in [2.05, 4.69) is 0 Å². The summed E-state index contributed by atoms with van der Waals surface area (Å²) in [6, 6.07) is 1.88. The first-order valence-corrected chi connectivity index (χ1v) is 13.1. The Morgan fingerprint density at radius 2 is 1.74 bits per heavy atom. The minimum absolute atomic E-state index is 0.0989. The fourth-order valence-corrected chi connectivity index (χ4v) is 7.08. The average Bonchev–Trinajstić information content (AvgIpc) is 2.81. The predicted octanol–water partition coefficient (Wildman–Crippen LogP) is 0.0582. The third kappa shape index (κ3) is 3.55. The fraction of sp³-hybridized carbons (Fsp3) is 0.571. The van der Waals surface area contributed by atoms with Gasteiger partial charge in [0.25, 0.3) is 0 Å². The lowest BCUT2D eigenvalue weighted by molar-refractivity contribution is -0.208. The normalized spacial score (nSPS) is 36.1. The van der Waals surface area contributed by atoms with Crippen LogP contribution >= 0.6 is 0 Å². The summed E-state index contributed by atoms with van der Waals surface area (Å²) in [5.74, 6) is -14.1. The van der Waals surface area contributed by atoms with Gasteiger partial charge in [-0.3, -0.25) is 33.7 Å². The van der Waals surface area contributed by atoms with E-state index in [0.29, 0.717) is 24.0 Å². The summed E-state index contributed by atoms with van der Waals surface area (Å²) in [6.07, 6.45) is 0.573. The van der Waals surface area contributed by atoms with Gasteiger partial charge in [-0.2, -0.15) is 0 Å². The van der Waals surface area contributed by atoms with Crippen LogP contribution in [0, 0.1) is 36.5 Å². The molecule has 1 amide bonds. The molecular weight excluding hydrogens is 508 g/mol. The number of amides is 1. The van der Waals surface area contributed by atoms with Gasteiger partial charge in [-0.15, -0.1) is 0 Å². The van der Waals surface area contributed by atoms with Crippen LogP contribution in [0.15, 0.2) is 12.1 Å². The SMILES string of the molecule is Cc1ccc2c(c1O)C(=O)C1C(=O)[C@]3(O)C(=O)C(C(N)=O)C(=O)C(N(C)C)[C@@H]3[C@@H](OC(=O)C3CCC3)[C@@H]1[C@H]2C. The molecule has 11 heteroatoms. The number of esters is 1. The molecule has 1 aromatic rings. The number of carbonyl (C=O) groups is 6. The summed E-state index contributed by atoms with van der Waals surface area (Å²) in [5, 5.41) is 22.8. The summed E-state index contributed by atoms with van der Waals surface area (Å²) >= 11 is 0. The molecule has 0 bridgehead atoms. The van der Waals surface area contributed by atoms with Gasteiger partial charge in [0.1, 0.15) is 11.9 Å². The molecule has 0 aromatic heterocycles.